The van der Waals surface area contributed by atoms with Crippen molar-refractivity contribution in [1.82, 2.24) is 14.7 Å². The number of hydrogen-bond acceptors (Lipinski definition) is 4. The molecule has 2 aromatic rings. The molecule has 0 aliphatic carbocycles. The van der Waals surface area contributed by atoms with Crippen LogP contribution in [0.2, 0.25) is 0 Å². The van der Waals surface area contributed by atoms with Gasteiger partial charge in [-0.25, -0.2) is 9.18 Å². The van der Waals surface area contributed by atoms with Gasteiger partial charge in [0.15, 0.2) is 0 Å². The summed E-state index contributed by atoms with van der Waals surface area (Å²) in [6.07, 6.45) is 0. The highest BCUT2D eigenvalue weighted by atomic mass is 19.1. The van der Waals surface area contributed by atoms with Crippen molar-refractivity contribution in [2.75, 3.05) is 17.7 Å². The molecular formula is C15H18FN5O2. The number of carbonyl (C=O) groups is 1. The van der Waals surface area contributed by atoms with Gasteiger partial charge in [0.25, 0.3) is 0 Å². The lowest BCUT2D eigenvalue weighted by molar-refractivity contribution is 0.211. The Morgan fingerprint density at radius 2 is 2.26 bits per heavy atom. The Labute approximate surface area is 132 Å². The molecule has 1 aromatic carbocycles. The fraction of sp³-hybridized carbons (Fsp3) is 0.333. The number of benzene rings is 1. The first-order chi connectivity index (χ1) is 11.0. The molecule has 0 bridgehead atoms. The fourth-order valence-electron chi connectivity index (χ4n) is 2.58. The molecule has 0 fully saturated rings. The van der Waals surface area contributed by atoms with Crippen molar-refractivity contribution < 1.29 is 13.9 Å². The van der Waals surface area contributed by atoms with Gasteiger partial charge in [0.1, 0.15) is 17.4 Å². The number of rotatable bonds is 3. The molecule has 0 saturated carbocycles. The molecule has 0 radical (unpaired) electrons. The molecule has 0 atom stereocenters. The molecule has 23 heavy (non-hydrogen) atoms. The summed E-state index contributed by atoms with van der Waals surface area (Å²) < 4.78 is 20.3. The second-order valence-corrected chi connectivity index (χ2v) is 5.29. The first-order valence-corrected chi connectivity index (χ1v) is 7.28. The Hall–Kier alpha value is -2.77. The molecule has 2 heterocycles. The van der Waals surface area contributed by atoms with Gasteiger partial charge in [0.2, 0.25) is 0 Å². The lowest BCUT2D eigenvalue weighted by Crippen LogP contribution is -2.31. The summed E-state index contributed by atoms with van der Waals surface area (Å²) in [5.41, 5.74) is 8.02. The van der Waals surface area contributed by atoms with Crippen LogP contribution in [0, 0.1) is 5.82 Å². The fourth-order valence-corrected chi connectivity index (χ4v) is 2.58. The van der Waals surface area contributed by atoms with Crippen LogP contribution in [0.4, 0.5) is 20.7 Å². The molecule has 3 N–H and O–H groups in total. The largest absolute Gasteiger partial charge is 0.492 e. The lowest BCUT2D eigenvalue weighted by atomic mass is 10.3. The maximum atomic E-state index is 13.3. The van der Waals surface area contributed by atoms with E-state index in [0.29, 0.717) is 37.0 Å². The number of aryl methyl sites for hydroxylation is 1. The third-order valence-corrected chi connectivity index (χ3v) is 3.74. The number of hydrogen-bond donors (Lipinski definition) is 2. The molecule has 3 rings (SSSR count). The van der Waals surface area contributed by atoms with Crippen LogP contribution >= 0.6 is 0 Å². The van der Waals surface area contributed by atoms with Crippen LogP contribution in [0.25, 0.3) is 0 Å². The summed E-state index contributed by atoms with van der Waals surface area (Å²) in [6.45, 7) is 2.95. The summed E-state index contributed by atoms with van der Waals surface area (Å²) >= 11 is 0. The first kappa shape index (κ1) is 15.1. The maximum absolute atomic E-state index is 13.3. The average molecular weight is 319 g/mol. The van der Waals surface area contributed by atoms with Gasteiger partial charge in [-0.15, -0.1) is 0 Å². The molecule has 122 valence electrons. The topological polar surface area (TPSA) is 85.4 Å². The van der Waals surface area contributed by atoms with E-state index in [4.69, 9.17) is 10.5 Å². The zero-order valence-corrected chi connectivity index (χ0v) is 13.0. The van der Waals surface area contributed by atoms with E-state index < -0.39 is 5.82 Å². The zero-order valence-electron chi connectivity index (χ0n) is 13.0. The van der Waals surface area contributed by atoms with E-state index in [1.54, 1.807) is 23.6 Å². The van der Waals surface area contributed by atoms with E-state index in [1.807, 2.05) is 0 Å². The smallest absolute Gasteiger partial charge is 0.322 e. The minimum Gasteiger partial charge on any atom is -0.492 e. The summed E-state index contributed by atoms with van der Waals surface area (Å²) in [4.78, 5) is 14.0. The number of aromatic nitrogens is 2. The van der Waals surface area contributed by atoms with Crippen LogP contribution in [-0.2, 0) is 20.1 Å². The van der Waals surface area contributed by atoms with Gasteiger partial charge in [0, 0.05) is 18.7 Å². The van der Waals surface area contributed by atoms with Gasteiger partial charge in [-0.3, -0.25) is 4.68 Å². The van der Waals surface area contributed by atoms with Crippen LogP contribution < -0.4 is 15.8 Å². The van der Waals surface area contributed by atoms with Crippen LogP contribution in [0.15, 0.2) is 18.2 Å². The minimum atomic E-state index is -0.419. The molecular weight excluding hydrogens is 301 g/mol. The van der Waals surface area contributed by atoms with Crippen molar-refractivity contribution in [2.24, 2.45) is 7.05 Å². The van der Waals surface area contributed by atoms with Crippen LogP contribution in [-0.4, -0.2) is 27.3 Å². The third kappa shape index (κ3) is 2.79. The molecule has 0 saturated heterocycles. The Balaban J connectivity index is 1.74. The van der Waals surface area contributed by atoms with Gasteiger partial charge in [-0.1, -0.05) is 0 Å². The van der Waals surface area contributed by atoms with Crippen molar-refractivity contribution in [3.8, 4) is 5.75 Å². The monoisotopic (exact) mass is 319 g/mol. The first-order valence-electron chi connectivity index (χ1n) is 7.28. The maximum Gasteiger partial charge on any atom is 0.322 e. The van der Waals surface area contributed by atoms with Crippen LogP contribution in [0.5, 0.6) is 5.75 Å². The lowest BCUT2D eigenvalue weighted by Gasteiger charge is -2.18. The molecule has 0 unspecified atom stereocenters. The Kier molecular flexibility index (Phi) is 3.81. The van der Waals surface area contributed by atoms with Crippen molar-refractivity contribution in [3.05, 3.63) is 35.3 Å². The van der Waals surface area contributed by atoms with E-state index in [0.717, 1.165) is 11.3 Å². The molecule has 7 nitrogen and oxygen atoms in total. The van der Waals surface area contributed by atoms with Crippen molar-refractivity contribution in [2.45, 2.75) is 20.0 Å². The summed E-state index contributed by atoms with van der Waals surface area (Å²) in [7, 11) is 1.77. The Bertz CT molecular complexity index is 759. The summed E-state index contributed by atoms with van der Waals surface area (Å²) in [6, 6.07) is 3.69. The van der Waals surface area contributed by atoms with Crippen molar-refractivity contribution in [3.63, 3.8) is 0 Å². The number of nitrogen functional groups attached to an aromatic ring is 1. The highest BCUT2D eigenvalue weighted by Gasteiger charge is 2.29. The number of urea groups is 1. The van der Waals surface area contributed by atoms with Gasteiger partial charge in [-0.2, -0.15) is 5.10 Å². The van der Waals surface area contributed by atoms with E-state index >= 15 is 0 Å². The molecule has 1 aliphatic rings. The predicted molar refractivity (Wildman–Crippen MR) is 83.5 cm³/mol. The third-order valence-electron chi connectivity index (χ3n) is 3.74. The van der Waals surface area contributed by atoms with Gasteiger partial charge >= 0.3 is 6.03 Å². The van der Waals surface area contributed by atoms with Crippen LogP contribution in [0.1, 0.15) is 18.2 Å². The van der Waals surface area contributed by atoms with Gasteiger partial charge in [-0.05, 0) is 19.1 Å². The molecule has 8 heteroatoms. The average Bonchev–Trinajstić information content (AvgIpc) is 3.03. The number of ether oxygens (including phenoxy) is 1. The normalized spacial score (nSPS) is 13.1. The molecule has 1 aromatic heterocycles. The van der Waals surface area contributed by atoms with E-state index in [1.165, 1.54) is 18.2 Å². The second-order valence-electron chi connectivity index (χ2n) is 5.29. The number of carbonyl (C=O) groups excluding carboxylic acids is 1. The molecule has 2 amide bonds. The number of amides is 2. The predicted octanol–water partition coefficient (Wildman–Crippen LogP) is 2.09. The van der Waals surface area contributed by atoms with Crippen molar-refractivity contribution >= 4 is 17.5 Å². The van der Waals surface area contributed by atoms with Crippen molar-refractivity contribution in [1.29, 1.82) is 0 Å². The van der Waals surface area contributed by atoms with Crippen LogP contribution in [0.3, 0.4) is 0 Å². The van der Waals surface area contributed by atoms with Gasteiger partial charge in [0.05, 0.1) is 31.1 Å². The van der Waals surface area contributed by atoms with E-state index in [2.05, 4.69) is 10.4 Å². The van der Waals surface area contributed by atoms with E-state index in [-0.39, 0.29) is 6.03 Å². The summed E-state index contributed by atoms with van der Waals surface area (Å²) in [5.74, 6) is 0.445. The quantitative estimate of drug-likeness (QED) is 0.907. The number of nitrogens with two attached hydrogens (primary N) is 1. The molecule has 0 spiro atoms. The number of nitrogens with one attached hydrogen (secondary N) is 1. The van der Waals surface area contributed by atoms with E-state index in [9.17, 15) is 9.18 Å². The Morgan fingerprint density at radius 1 is 1.48 bits per heavy atom. The number of nitrogens with zero attached hydrogens (tertiary/aromatic N) is 3. The second kappa shape index (κ2) is 5.79. The minimum absolute atomic E-state index is 0.302. The standard InChI is InChI=1S/C15H18FN5O2/c1-3-23-13-6-9(16)4-5-11(13)18-15(22)21-7-10-12(8-21)19-20(2)14(10)17/h4-6H,3,7-8,17H2,1-2H3,(H,18,22). The zero-order chi connectivity index (χ0) is 16.6. The highest BCUT2D eigenvalue weighted by molar-refractivity contribution is 5.91. The summed E-state index contributed by atoms with van der Waals surface area (Å²) in [5, 5.41) is 7.03. The van der Waals surface area contributed by atoms with Gasteiger partial charge < -0.3 is 20.7 Å². The SMILES string of the molecule is CCOc1cc(F)ccc1NC(=O)N1Cc2nn(C)c(N)c2C1. The highest BCUT2D eigenvalue weighted by Crippen LogP contribution is 2.29. The molecule has 1 aliphatic heterocycles. The number of halogens is 1. The number of fused-ring (bicyclic) bond motifs is 1. The Morgan fingerprint density at radius 3 is 2.96 bits per heavy atom. The number of anilines is 2.